The van der Waals surface area contributed by atoms with Crippen LogP contribution in [0.2, 0.25) is 0 Å². The zero-order valence-electron chi connectivity index (χ0n) is 12.0. The van der Waals surface area contributed by atoms with Crippen molar-refractivity contribution in [2.75, 3.05) is 19.8 Å². The van der Waals surface area contributed by atoms with E-state index in [1.165, 1.54) is 0 Å². The summed E-state index contributed by atoms with van der Waals surface area (Å²) in [5.41, 5.74) is 0.875. The molecule has 0 aromatic heterocycles. The number of morpholine rings is 1. The number of carbonyl (C=O) groups excluding carboxylic acids is 1. The Balaban J connectivity index is 1.99. The molecule has 1 fully saturated rings. The van der Waals surface area contributed by atoms with Gasteiger partial charge in [-0.2, -0.15) is 0 Å². The van der Waals surface area contributed by atoms with Crippen molar-refractivity contribution in [2.24, 2.45) is 0 Å². The number of carboxylic acid groups (broad SMARTS) is 1. The summed E-state index contributed by atoms with van der Waals surface area (Å²) in [5, 5.41) is 11.9. The molecule has 1 aliphatic heterocycles. The average molecular weight is 292 g/mol. The highest BCUT2D eigenvalue weighted by atomic mass is 16.5. The van der Waals surface area contributed by atoms with Crippen molar-refractivity contribution in [3.8, 4) is 0 Å². The first-order valence-corrected chi connectivity index (χ1v) is 6.99. The predicted molar refractivity (Wildman–Crippen MR) is 77.1 cm³/mol. The molecule has 1 heterocycles. The van der Waals surface area contributed by atoms with Crippen LogP contribution in [0.3, 0.4) is 0 Å². The molecule has 2 unspecified atom stereocenters. The van der Waals surface area contributed by atoms with E-state index in [0.29, 0.717) is 19.8 Å². The number of nitrogens with zero attached hydrogens (tertiary/aromatic N) is 1. The van der Waals surface area contributed by atoms with Crippen LogP contribution < -0.4 is 5.32 Å². The Morgan fingerprint density at radius 1 is 1.43 bits per heavy atom. The van der Waals surface area contributed by atoms with Crippen molar-refractivity contribution in [3.63, 3.8) is 0 Å². The summed E-state index contributed by atoms with van der Waals surface area (Å²) >= 11 is 0. The Kier molecular flexibility index (Phi) is 5.16. The number of carboxylic acids is 1. The van der Waals surface area contributed by atoms with Crippen LogP contribution in [-0.4, -0.2) is 53.8 Å². The fourth-order valence-corrected chi connectivity index (χ4v) is 2.31. The van der Waals surface area contributed by atoms with Crippen LogP contribution in [0.15, 0.2) is 30.3 Å². The van der Waals surface area contributed by atoms with Gasteiger partial charge >= 0.3 is 12.0 Å². The molecule has 2 rings (SSSR count). The second-order valence-corrected chi connectivity index (χ2v) is 5.15. The van der Waals surface area contributed by atoms with Gasteiger partial charge in [-0.1, -0.05) is 30.3 Å². The number of aliphatic carboxylic acids is 1. The van der Waals surface area contributed by atoms with E-state index < -0.39 is 12.0 Å². The van der Waals surface area contributed by atoms with Gasteiger partial charge in [0.05, 0.1) is 19.3 Å². The van der Waals surface area contributed by atoms with Crippen LogP contribution in [0.4, 0.5) is 4.79 Å². The molecule has 0 saturated carbocycles. The van der Waals surface area contributed by atoms with Crippen molar-refractivity contribution in [3.05, 3.63) is 35.9 Å². The zero-order chi connectivity index (χ0) is 15.2. The number of hydrogen-bond acceptors (Lipinski definition) is 3. The van der Waals surface area contributed by atoms with Gasteiger partial charge in [0.2, 0.25) is 0 Å². The lowest BCUT2D eigenvalue weighted by molar-refractivity contribution is -0.139. The minimum atomic E-state index is -1.03. The maximum atomic E-state index is 12.2. The highest BCUT2D eigenvalue weighted by Crippen LogP contribution is 2.08. The number of ether oxygens (including phenoxy) is 1. The van der Waals surface area contributed by atoms with Crippen LogP contribution in [-0.2, 0) is 16.0 Å². The number of amides is 2. The molecule has 1 aromatic carbocycles. The average Bonchev–Trinajstić information content (AvgIpc) is 2.48. The number of carbonyl (C=O) groups is 2. The van der Waals surface area contributed by atoms with E-state index in [1.807, 2.05) is 37.3 Å². The van der Waals surface area contributed by atoms with Crippen LogP contribution in [0.25, 0.3) is 0 Å². The summed E-state index contributed by atoms with van der Waals surface area (Å²) in [6.07, 6.45) is 0.265. The summed E-state index contributed by atoms with van der Waals surface area (Å²) in [6.45, 7) is 3.31. The molecule has 2 N–H and O–H groups in total. The summed E-state index contributed by atoms with van der Waals surface area (Å²) in [7, 11) is 0. The van der Waals surface area contributed by atoms with Gasteiger partial charge in [0, 0.05) is 13.0 Å². The normalized spacial score (nSPS) is 19.9. The molecule has 21 heavy (non-hydrogen) atoms. The predicted octanol–water partition coefficient (Wildman–Crippen LogP) is 1.11. The number of benzene rings is 1. The highest BCUT2D eigenvalue weighted by Gasteiger charge is 2.27. The first-order valence-electron chi connectivity index (χ1n) is 6.99. The van der Waals surface area contributed by atoms with Gasteiger partial charge in [-0.25, -0.2) is 9.59 Å². The van der Waals surface area contributed by atoms with Crippen molar-refractivity contribution < 1.29 is 19.4 Å². The second-order valence-electron chi connectivity index (χ2n) is 5.15. The van der Waals surface area contributed by atoms with Crippen LogP contribution in [0, 0.1) is 0 Å². The van der Waals surface area contributed by atoms with Crippen molar-refractivity contribution in [1.82, 2.24) is 10.2 Å². The van der Waals surface area contributed by atoms with Gasteiger partial charge in [-0.05, 0) is 12.5 Å². The summed E-state index contributed by atoms with van der Waals surface area (Å²) in [5.74, 6) is -1.03. The molecule has 2 atom stereocenters. The van der Waals surface area contributed by atoms with E-state index in [1.54, 1.807) is 4.90 Å². The van der Waals surface area contributed by atoms with E-state index in [9.17, 15) is 14.7 Å². The van der Waals surface area contributed by atoms with Crippen LogP contribution in [0.5, 0.6) is 0 Å². The second kappa shape index (κ2) is 7.08. The van der Waals surface area contributed by atoms with Crippen molar-refractivity contribution in [1.29, 1.82) is 0 Å². The quantitative estimate of drug-likeness (QED) is 0.871. The van der Waals surface area contributed by atoms with Gasteiger partial charge in [-0.3, -0.25) is 0 Å². The Hall–Kier alpha value is -2.08. The zero-order valence-corrected chi connectivity index (χ0v) is 12.0. The lowest BCUT2D eigenvalue weighted by Gasteiger charge is -2.34. The van der Waals surface area contributed by atoms with E-state index >= 15 is 0 Å². The lowest BCUT2D eigenvalue weighted by atomic mass is 10.1. The van der Waals surface area contributed by atoms with Crippen molar-refractivity contribution >= 4 is 12.0 Å². The maximum Gasteiger partial charge on any atom is 0.326 e. The van der Waals surface area contributed by atoms with E-state index in [0.717, 1.165) is 5.56 Å². The third-order valence-electron chi connectivity index (χ3n) is 3.51. The largest absolute Gasteiger partial charge is 0.480 e. The van der Waals surface area contributed by atoms with E-state index in [-0.39, 0.29) is 18.5 Å². The van der Waals surface area contributed by atoms with Gasteiger partial charge < -0.3 is 20.1 Å². The number of hydrogen-bond donors (Lipinski definition) is 2. The van der Waals surface area contributed by atoms with Gasteiger partial charge in [0.1, 0.15) is 6.04 Å². The van der Waals surface area contributed by atoms with E-state index in [4.69, 9.17) is 4.74 Å². The standard InChI is InChI=1S/C15H20N2O4/c1-11-10-21-8-7-17(11)15(20)16-13(14(18)19)9-12-5-3-2-4-6-12/h2-6,11,13H,7-10H2,1H3,(H,16,20)(H,18,19). The molecule has 6 heteroatoms. The van der Waals surface area contributed by atoms with Gasteiger partial charge in [0.25, 0.3) is 0 Å². The third kappa shape index (κ3) is 4.19. The molecule has 6 nitrogen and oxygen atoms in total. The smallest absolute Gasteiger partial charge is 0.326 e. The molecule has 114 valence electrons. The Morgan fingerprint density at radius 3 is 2.76 bits per heavy atom. The third-order valence-corrected chi connectivity index (χ3v) is 3.51. The Labute approximate surface area is 123 Å². The molecule has 1 aromatic rings. The number of urea groups is 1. The molecule has 0 aliphatic carbocycles. The molecular formula is C15H20N2O4. The van der Waals surface area contributed by atoms with Gasteiger partial charge in [-0.15, -0.1) is 0 Å². The summed E-state index contributed by atoms with van der Waals surface area (Å²) in [4.78, 5) is 25.2. The topological polar surface area (TPSA) is 78.9 Å². The molecular weight excluding hydrogens is 272 g/mol. The van der Waals surface area contributed by atoms with Crippen LogP contribution >= 0.6 is 0 Å². The monoisotopic (exact) mass is 292 g/mol. The molecule has 0 bridgehead atoms. The lowest BCUT2D eigenvalue weighted by Crippen LogP contribution is -2.55. The molecule has 0 spiro atoms. The summed E-state index contributed by atoms with van der Waals surface area (Å²) < 4.78 is 5.27. The first-order chi connectivity index (χ1) is 10.1. The maximum absolute atomic E-state index is 12.2. The molecule has 2 amide bonds. The van der Waals surface area contributed by atoms with E-state index in [2.05, 4.69) is 5.32 Å². The molecule has 0 radical (unpaired) electrons. The molecule has 1 saturated heterocycles. The van der Waals surface area contributed by atoms with Gasteiger partial charge in [0.15, 0.2) is 0 Å². The number of rotatable bonds is 4. The minimum Gasteiger partial charge on any atom is -0.480 e. The summed E-state index contributed by atoms with van der Waals surface area (Å²) in [6, 6.07) is 7.92. The first kappa shape index (κ1) is 15.3. The fourth-order valence-electron chi connectivity index (χ4n) is 2.31. The fraction of sp³-hybridized carbons (Fsp3) is 0.467. The van der Waals surface area contributed by atoms with Crippen molar-refractivity contribution in [2.45, 2.75) is 25.4 Å². The Bertz CT molecular complexity index is 492. The number of nitrogens with one attached hydrogen (secondary N) is 1. The van der Waals surface area contributed by atoms with Crippen LogP contribution in [0.1, 0.15) is 12.5 Å². The SMILES string of the molecule is CC1COCCN1C(=O)NC(Cc1ccccc1)C(=O)O. The Morgan fingerprint density at radius 2 is 2.14 bits per heavy atom. The highest BCUT2D eigenvalue weighted by molar-refractivity contribution is 5.83. The molecule has 1 aliphatic rings. The minimum absolute atomic E-state index is 0.0510.